The molecule has 0 aromatic heterocycles. The number of aliphatic imine (C=N–C) groups is 1. The minimum absolute atomic E-state index is 0.281. The van der Waals surface area contributed by atoms with Crippen molar-refractivity contribution in [1.29, 1.82) is 0 Å². The van der Waals surface area contributed by atoms with Gasteiger partial charge in [-0.15, -0.1) is 0 Å². The molecule has 1 aliphatic rings. The maximum atomic E-state index is 14.2. The van der Waals surface area contributed by atoms with Gasteiger partial charge in [-0.2, -0.15) is 4.99 Å². The highest BCUT2D eigenvalue weighted by atomic mass is 32.1. The van der Waals surface area contributed by atoms with E-state index in [0.717, 1.165) is 22.6 Å². The molecule has 0 aliphatic heterocycles. The second-order valence-electron chi connectivity index (χ2n) is 7.07. The van der Waals surface area contributed by atoms with Crippen molar-refractivity contribution >= 4 is 23.1 Å². The highest BCUT2D eigenvalue weighted by Gasteiger charge is 2.21. The smallest absolute Gasteiger partial charge is 0.150 e. The standard InChI is InChI=1S/C22H24FNS/c1-3-16-4-6-17(7-5-16)18-8-10-19(11-9-18)20-12-15(2)22(24-14-25)21(23)13-20/h8-13,16-17H,3-7H2,1-2H3. The molecule has 0 bridgehead atoms. The van der Waals surface area contributed by atoms with Crippen LogP contribution in [-0.2, 0) is 0 Å². The molecule has 2 aromatic rings. The Morgan fingerprint density at radius 1 is 1.08 bits per heavy atom. The average molecular weight is 354 g/mol. The van der Waals surface area contributed by atoms with Crippen molar-refractivity contribution in [2.75, 3.05) is 0 Å². The van der Waals surface area contributed by atoms with Gasteiger partial charge in [0.05, 0.1) is 5.16 Å². The zero-order valence-corrected chi connectivity index (χ0v) is 15.7. The van der Waals surface area contributed by atoms with Gasteiger partial charge < -0.3 is 0 Å². The number of halogens is 1. The molecule has 0 atom stereocenters. The number of thiocarbonyl (C=S) groups is 1. The predicted octanol–water partition coefficient (Wildman–Crippen LogP) is 7.22. The lowest BCUT2D eigenvalue weighted by Crippen LogP contribution is -2.12. The van der Waals surface area contributed by atoms with Crippen molar-refractivity contribution in [2.45, 2.75) is 51.9 Å². The van der Waals surface area contributed by atoms with Crippen LogP contribution >= 0.6 is 12.2 Å². The number of nitrogens with zero attached hydrogens (tertiary/aromatic N) is 1. The Bertz CT molecular complexity index is 759. The Kier molecular flexibility index (Phi) is 5.78. The molecule has 1 saturated carbocycles. The fraction of sp³-hybridized carbons (Fsp3) is 0.409. The number of benzene rings is 2. The zero-order chi connectivity index (χ0) is 17.8. The Balaban J connectivity index is 1.80. The maximum absolute atomic E-state index is 14.2. The van der Waals surface area contributed by atoms with Crippen LogP contribution in [0, 0.1) is 18.7 Å². The predicted molar refractivity (Wildman–Crippen MR) is 106 cm³/mol. The third-order valence-electron chi connectivity index (χ3n) is 5.55. The van der Waals surface area contributed by atoms with Gasteiger partial charge in [-0.3, -0.25) is 0 Å². The Morgan fingerprint density at radius 3 is 2.32 bits per heavy atom. The fourth-order valence-electron chi connectivity index (χ4n) is 3.94. The summed E-state index contributed by atoms with van der Waals surface area (Å²) in [6, 6.07) is 12.1. The summed E-state index contributed by atoms with van der Waals surface area (Å²) in [4.78, 5) is 3.82. The molecule has 3 rings (SSSR count). The Labute approximate surface area is 155 Å². The van der Waals surface area contributed by atoms with Crippen molar-refractivity contribution in [2.24, 2.45) is 10.9 Å². The van der Waals surface area contributed by atoms with E-state index in [1.54, 1.807) is 0 Å². The third-order valence-corrected chi connectivity index (χ3v) is 5.64. The van der Waals surface area contributed by atoms with Crippen LogP contribution in [0.15, 0.2) is 41.4 Å². The van der Waals surface area contributed by atoms with E-state index >= 15 is 0 Å². The SMILES string of the molecule is CCC1CCC(c2ccc(-c3cc(C)c(N=C=S)c(F)c3)cc2)CC1. The first-order valence-electron chi connectivity index (χ1n) is 9.10. The lowest BCUT2D eigenvalue weighted by Gasteiger charge is -2.28. The molecule has 2 aromatic carbocycles. The van der Waals surface area contributed by atoms with Crippen LogP contribution < -0.4 is 0 Å². The molecular weight excluding hydrogens is 329 g/mol. The molecule has 25 heavy (non-hydrogen) atoms. The molecule has 1 aliphatic carbocycles. The van der Waals surface area contributed by atoms with Crippen molar-refractivity contribution in [3.63, 3.8) is 0 Å². The van der Waals surface area contributed by atoms with Crippen LogP contribution in [0.5, 0.6) is 0 Å². The summed E-state index contributed by atoms with van der Waals surface area (Å²) in [7, 11) is 0. The highest BCUT2D eigenvalue weighted by molar-refractivity contribution is 7.78. The van der Waals surface area contributed by atoms with E-state index in [-0.39, 0.29) is 11.5 Å². The number of rotatable bonds is 4. The monoisotopic (exact) mass is 353 g/mol. The summed E-state index contributed by atoms with van der Waals surface area (Å²) in [5.74, 6) is 1.24. The van der Waals surface area contributed by atoms with Gasteiger partial charge in [0.1, 0.15) is 5.69 Å². The van der Waals surface area contributed by atoms with Crippen LogP contribution in [0.25, 0.3) is 11.1 Å². The molecule has 0 amide bonds. The van der Waals surface area contributed by atoms with Gasteiger partial charge in [-0.05, 0) is 91.0 Å². The minimum atomic E-state index is -0.352. The molecule has 130 valence electrons. The van der Waals surface area contributed by atoms with Crippen molar-refractivity contribution in [3.8, 4) is 11.1 Å². The molecule has 0 spiro atoms. The van der Waals surface area contributed by atoms with Gasteiger partial charge in [0.25, 0.3) is 0 Å². The van der Waals surface area contributed by atoms with Crippen LogP contribution in [0.1, 0.15) is 56.1 Å². The maximum Gasteiger partial charge on any atom is 0.150 e. The third kappa shape index (κ3) is 4.05. The second-order valence-corrected chi connectivity index (χ2v) is 7.26. The van der Waals surface area contributed by atoms with Crippen LogP contribution in [0.3, 0.4) is 0 Å². The Hall–Kier alpha value is -1.83. The van der Waals surface area contributed by atoms with E-state index in [1.165, 1.54) is 43.7 Å². The summed E-state index contributed by atoms with van der Waals surface area (Å²) in [6.45, 7) is 4.14. The number of isothiocyanates is 1. The molecule has 1 nitrogen and oxygen atoms in total. The Morgan fingerprint density at radius 2 is 1.76 bits per heavy atom. The minimum Gasteiger partial charge on any atom is -0.205 e. The number of hydrogen-bond donors (Lipinski definition) is 0. The van der Waals surface area contributed by atoms with Crippen molar-refractivity contribution < 1.29 is 4.39 Å². The molecule has 0 N–H and O–H groups in total. The molecule has 0 saturated heterocycles. The molecule has 1 fully saturated rings. The quantitative estimate of drug-likeness (QED) is 0.417. The van der Waals surface area contributed by atoms with E-state index in [2.05, 4.69) is 53.6 Å². The van der Waals surface area contributed by atoms with Gasteiger partial charge in [0, 0.05) is 0 Å². The second kappa shape index (κ2) is 8.03. The van der Waals surface area contributed by atoms with Crippen LogP contribution in [0.2, 0.25) is 0 Å². The molecule has 0 heterocycles. The molecule has 3 heteroatoms. The first kappa shape index (κ1) is 18.0. The van der Waals surface area contributed by atoms with Gasteiger partial charge >= 0.3 is 0 Å². The van der Waals surface area contributed by atoms with Gasteiger partial charge in [0.15, 0.2) is 5.82 Å². The van der Waals surface area contributed by atoms with E-state index < -0.39 is 0 Å². The van der Waals surface area contributed by atoms with Crippen LogP contribution in [0.4, 0.5) is 10.1 Å². The highest BCUT2D eigenvalue weighted by Crippen LogP contribution is 2.37. The molecular formula is C22H24FNS. The topological polar surface area (TPSA) is 12.4 Å². The lowest BCUT2D eigenvalue weighted by molar-refractivity contribution is 0.319. The summed E-state index contributed by atoms with van der Waals surface area (Å²) < 4.78 is 14.2. The number of aryl methyl sites for hydroxylation is 1. The van der Waals surface area contributed by atoms with E-state index in [0.29, 0.717) is 5.92 Å². The molecule has 0 radical (unpaired) electrons. The lowest BCUT2D eigenvalue weighted by atomic mass is 9.77. The van der Waals surface area contributed by atoms with E-state index in [9.17, 15) is 4.39 Å². The fourth-order valence-corrected chi connectivity index (χ4v) is 4.03. The average Bonchev–Trinajstić information content (AvgIpc) is 2.65. The summed E-state index contributed by atoms with van der Waals surface area (Å²) in [6.07, 6.45) is 6.57. The van der Waals surface area contributed by atoms with Crippen molar-refractivity contribution in [3.05, 3.63) is 53.3 Å². The summed E-state index contributed by atoms with van der Waals surface area (Å²) >= 11 is 4.59. The first-order chi connectivity index (χ1) is 12.1. The van der Waals surface area contributed by atoms with Gasteiger partial charge in [-0.1, -0.05) is 37.6 Å². The number of hydrogen-bond acceptors (Lipinski definition) is 2. The summed E-state index contributed by atoms with van der Waals surface area (Å²) in [5.41, 5.74) is 4.38. The summed E-state index contributed by atoms with van der Waals surface area (Å²) in [5, 5.41) is 2.24. The van der Waals surface area contributed by atoms with Gasteiger partial charge in [0.2, 0.25) is 0 Å². The van der Waals surface area contributed by atoms with Gasteiger partial charge in [-0.25, -0.2) is 4.39 Å². The normalized spacial score (nSPS) is 20.1. The zero-order valence-electron chi connectivity index (χ0n) is 14.9. The van der Waals surface area contributed by atoms with Crippen LogP contribution in [-0.4, -0.2) is 5.16 Å². The van der Waals surface area contributed by atoms with E-state index in [1.807, 2.05) is 13.0 Å². The largest absolute Gasteiger partial charge is 0.205 e. The first-order valence-corrected chi connectivity index (χ1v) is 9.51. The van der Waals surface area contributed by atoms with Crippen molar-refractivity contribution in [1.82, 2.24) is 0 Å². The molecule has 0 unspecified atom stereocenters. The van der Waals surface area contributed by atoms with E-state index in [4.69, 9.17) is 0 Å².